The fourth-order valence-electron chi connectivity index (χ4n) is 3.41. The van der Waals surface area contributed by atoms with Gasteiger partial charge in [-0.15, -0.1) is 0 Å². The van der Waals surface area contributed by atoms with E-state index in [2.05, 4.69) is 28.9 Å². The molecule has 1 aliphatic rings. The highest BCUT2D eigenvalue weighted by atomic mass is 16.5. The van der Waals surface area contributed by atoms with Crippen LogP contribution in [0.25, 0.3) is 11.3 Å². The normalized spacial score (nSPS) is 14.5. The van der Waals surface area contributed by atoms with Gasteiger partial charge in [-0.2, -0.15) is 0 Å². The van der Waals surface area contributed by atoms with Gasteiger partial charge in [-0.3, -0.25) is 4.79 Å². The number of rotatable bonds is 4. The minimum Gasteiger partial charge on any atom is -0.353 e. The third-order valence-electron chi connectivity index (χ3n) is 5.06. The molecule has 0 aliphatic carbocycles. The minimum atomic E-state index is -0.124. The number of aryl methyl sites for hydroxylation is 1. The molecule has 0 atom stereocenters. The summed E-state index contributed by atoms with van der Waals surface area (Å²) in [5.74, 6) is 2.22. The van der Waals surface area contributed by atoms with Crippen LogP contribution in [0.15, 0.2) is 47.0 Å². The van der Waals surface area contributed by atoms with Crippen molar-refractivity contribution < 1.29 is 9.32 Å². The molecule has 1 amide bonds. The summed E-state index contributed by atoms with van der Waals surface area (Å²) in [7, 11) is 0. The van der Waals surface area contributed by atoms with Gasteiger partial charge in [-0.25, -0.2) is 9.97 Å². The topological polar surface area (TPSA) is 75.4 Å². The lowest BCUT2D eigenvalue weighted by molar-refractivity contribution is 0.0704. The van der Waals surface area contributed by atoms with Crippen LogP contribution in [0.1, 0.15) is 41.8 Å². The zero-order chi connectivity index (χ0) is 20.4. The van der Waals surface area contributed by atoms with Crippen LogP contribution in [-0.2, 0) is 0 Å². The molecule has 1 aliphatic heterocycles. The summed E-state index contributed by atoms with van der Waals surface area (Å²) >= 11 is 0. The molecule has 29 heavy (non-hydrogen) atoms. The van der Waals surface area contributed by atoms with Crippen molar-refractivity contribution in [3.63, 3.8) is 0 Å². The van der Waals surface area contributed by atoms with E-state index in [1.165, 1.54) is 0 Å². The van der Waals surface area contributed by atoms with Crippen LogP contribution in [0.2, 0.25) is 0 Å². The number of hydrogen-bond acceptors (Lipinski definition) is 6. The Morgan fingerprint density at radius 3 is 2.45 bits per heavy atom. The lowest BCUT2D eigenvalue weighted by Gasteiger charge is -2.35. The molecule has 0 bridgehead atoms. The third-order valence-corrected chi connectivity index (χ3v) is 5.06. The highest BCUT2D eigenvalue weighted by Gasteiger charge is 2.26. The first-order valence-corrected chi connectivity index (χ1v) is 9.93. The molecule has 7 heteroatoms. The average molecular weight is 391 g/mol. The zero-order valence-electron chi connectivity index (χ0n) is 17.0. The molecule has 0 unspecified atom stereocenters. The SMILES string of the molecule is Cc1cc(N2CCN(C(=O)c3cc(-c4ccccc4)no3)CC2)nc(C(C)C)n1. The van der Waals surface area contributed by atoms with Crippen molar-refractivity contribution in [2.24, 2.45) is 0 Å². The predicted molar refractivity (Wildman–Crippen MR) is 111 cm³/mol. The molecule has 4 rings (SSSR count). The molecule has 0 radical (unpaired) electrons. The summed E-state index contributed by atoms with van der Waals surface area (Å²) in [5, 5.41) is 4.05. The van der Waals surface area contributed by atoms with E-state index in [0.29, 0.717) is 18.8 Å². The van der Waals surface area contributed by atoms with E-state index in [9.17, 15) is 4.79 Å². The lowest BCUT2D eigenvalue weighted by atomic mass is 10.1. The van der Waals surface area contributed by atoms with Gasteiger partial charge in [0.25, 0.3) is 5.91 Å². The number of piperazine rings is 1. The van der Waals surface area contributed by atoms with Gasteiger partial charge < -0.3 is 14.3 Å². The minimum absolute atomic E-state index is 0.124. The Bertz CT molecular complexity index is 991. The summed E-state index contributed by atoms with van der Waals surface area (Å²) in [6.45, 7) is 8.84. The summed E-state index contributed by atoms with van der Waals surface area (Å²) in [6.07, 6.45) is 0. The van der Waals surface area contributed by atoms with E-state index < -0.39 is 0 Å². The maximum Gasteiger partial charge on any atom is 0.292 e. The molecule has 0 saturated carbocycles. The molecular weight excluding hydrogens is 366 g/mol. The Morgan fingerprint density at radius 1 is 1.03 bits per heavy atom. The van der Waals surface area contributed by atoms with Gasteiger partial charge in [0.1, 0.15) is 17.3 Å². The highest BCUT2D eigenvalue weighted by Crippen LogP contribution is 2.22. The summed E-state index contributed by atoms with van der Waals surface area (Å²) in [6, 6.07) is 13.4. The van der Waals surface area contributed by atoms with Crippen LogP contribution < -0.4 is 4.90 Å². The van der Waals surface area contributed by atoms with Crippen molar-refractivity contribution >= 4 is 11.7 Å². The number of amides is 1. The molecular formula is C22H25N5O2. The summed E-state index contributed by atoms with van der Waals surface area (Å²) in [4.78, 5) is 26.1. The maximum atomic E-state index is 12.8. The lowest BCUT2D eigenvalue weighted by Crippen LogP contribution is -2.49. The number of carbonyl (C=O) groups is 1. The molecule has 7 nitrogen and oxygen atoms in total. The fraction of sp³-hybridized carbons (Fsp3) is 0.364. The fourth-order valence-corrected chi connectivity index (χ4v) is 3.41. The number of benzene rings is 1. The smallest absolute Gasteiger partial charge is 0.292 e. The van der Waals surface area contributed by atoms with E-state index >= 15 is 0 Å². The van der Waals surface area contributed by atoms with E-state index in [0.717, 1.165) is 36.0 Å². The van der Waals surface area contributed by atoms with Gasteiger partial charge in [0.15, 0.2) is 0 Å². The van der Waals surface area contributed by atoms with Crippen LogP contribution in [0.3, 0.4) is 0 Å². The van der Waals surface area contributed by atoms with E-state index in [1.54, 1.807) is 6.07 Å². The van der Waals surface area contributed by atoms with Gasteiger partial charge in [-0.1, -0.05) is 49.3 Å². The first-order valence-electron chi connectivity index (χ1n) is 9.93. The number of aromatic nitrogens is 3. The van der Waals surface area contributed by atoms with Crippen molar-refractivity contribution in [1.82, 2.24) is 20.0 Å². The molecule has 1 fully saturated rings. The van der Waals surface area contributed by atoms with Crippen LogP contribution in [0.5, 0.6) is 0 Å². The predicted octanol–water partition coefficient (Wildman–Crippen LogP) is 3.53. The highest BCUT2D eigenvalue weighted by molar-refractivity contribution is 5.92. The third kappa shape index (κ3) is 4.13. The molecule has 3 heterocycles. The first kappa shape index (κ1) is 19.1. The molecule has 2 aromatic heterocycles. The van der Waals surface area contributed by atoms with Gasteiger partial charge in [0.2, 0.25) is 5.76 Å². The maximum absolute atomic E-state index is 12.8. The first-order chi connectivity index (χ1) is 14.0. The second kappa shape index (κ2) is 8.03. The van der Waals surface area contributed by atoms with Crippen LogP contribution in [0.4, 0.5) is 5.82 Å². The quantitative estimate of drug-likeness (QED) is 0.677. The molecule has 1 aromatic carbocycles. The molecule has 150 valence electrons. The summed E-state index contributed by atoms with van der Waals surface area (Å²) < 4.78 is 5.33. The average Bonchev–Trinajstić information content (AvgIpc) is 3.24. The van der Waals surface area contributed by atoms with Crippen LogP contribution in [0, 0.1) is 6.92 Å². The number of anilines is 1. The van der Waals surface area contributed by atoms with E-state index in [1.807, 2.05) is 48.2 Å². The van der Waals surface area contributed by atoms with Gasteiger partial charge in [0, 0.05) is 55.5 Å². The molecule has 1 saturated heterocycles. The Labute approximate surface area is 170 Å². The summed E-state index contributed by atoms with van der Waals surface area (Å²) in [5.41, 5.74) is 2.57. The molecule has 0 N–H and O–H groups in total. The van der Waals surface area contributed by atoms with Crippen molar-refractivity contribution in [2.45, 2.75) is 26.7 Å². The Morgan fingerprint density at radius 2 is 1.76 bits per heavy atom. The second-order valence-corrected chi connectivity index (χ2v) is 7.60. The van der Waals surface area contributed by atoms with Crippen LogP contribution in [-0.4, -0.2) is 52.1 Å². The van der Waals surface area contributed by atoms with Crippen molar-refractivity contribution in [3.8, 4) is 11.3 Å². The number of hydrogen-bond donors (Lipinski definition) is 0. The monoisotopic (exact) mass is 391 g/mol. The molecule has 3 aromatic rings. The van der Waals surface area contributed by atoms with Crippen molar-refractivity contribution in [1.29, 1.82) is 0 Å². The zero-order valence-corrected chi connectivity index (χ0v) is 17.0. The largest absolute Gasteiger partial charge is 0.353 e. The Balaban J connectivity index is 1.42. The van der Waals surface area contributed by atoms with Gasteiger partial charge in [0.05, 0.1) is 0 Å². The van der Waals surface area contributed by atoms with E-state index in [4.69, 9.17) is 9.51 Å². The molecule has 0 spiro atoms. The van der Waals surface area contributed by atoms with Gasteiger partial charge >= 0.3 is 0 Å². The number of carbonyl (C=O) groups excluding carboxylic acids is 1. The van der Waals surface area contributed by atoms with Crippen molar-refractivity contribution in [3.05, 3.63) is 59.7 Å². The second-order valence-electron chi connectivity index (χ2n) is 7.60. The van der Waals surface area contributed by atoms with E-state index in [-0.39, 0.29) is 17.6 Å². The van der Waals surface area contributed by atoms with Crippen molar-refractivity contribution in [2.75, 3.05) is 31.1 Å². The van der Waals surface area contributed by atoms with Gasteiger partial charge in [-0.05, 0) is 6.92 Å². The Kier molecular flexibility index (Phi) is 5.29. The number of nitrogens with zero attached hydrogens (tertiary/aromatic N) is 5. The standard InChI is InChI=1S/C22H25N5O2/c1-15(2)21-23-16(3)13-20(24-21)26-9-11-27(12-10-26)22(28)19-14-18(25-29-19)17-7-5-4-6-8-17/h4-8,13-15H,9-12H2,1-3H3. The Hall–Kier alpha value is -3.22. The van der Waals surface area contributed by atoms with Crippen LogP contribution >= 0.6 is 0 Å².